The first-order valence-electron chi connectivity index (χ1n) is 6.40. The second kappa shape index (κ2) is 6.53. The van der Waals surface area contributed by atoms with Crippen LogP contribution in [0.15, 0.2) is 59.5 Å². The van der Waals surface area contributed by atoms with Gasteiger partial charge in [0.05, 0.1) is 4.90 Å². The smallest absolute Gasteiger partial charge is 0.297 e. The average molecular weight is 301 g/mol. The standard InChI is InChI=1S/C16H15NO3S/c1-13-8-10-15(11-9-13)21(18,19)20-12-16(17-2)14-6-4-3-5-7-14/h3-11,16H,12H2,1H3. The molecule has 0 N–H and O–H groups in total. The Hall–Kier alpha value is -2.16. The SMILES string of the molecule is [C-]#[N+]C(COS(=O)(=O)c1ccc(C)cc1)c1ccccc1. The normalized spacial score (nSPS) is 12.6. The van der Waals surface area contributed by atoms with Gasteiger partial charge in [0, 0.05) is 5.56 Å². The van der Waals surface area contributed by atoms with Gasteiger partial charge in [-0.1, -0.05) is 48.0 Å². The molecule has 2 aromatic rings. The van der Waals surface area contributed by atoms with Crippen molar-refractivity contribution in [2.24, 2.45) is 0 Å². The first-order chi connectivity index (χ1) is 10.0. The Morgan fingerprint density at radius 1 is 1.10 bits per heavy atom. The molecular weight excluding hydrogens is 286 g/mol. The summed E-state index contributed by atoms with van der Waals surface area (Å²) in [6.45, 7) is 8.87. The van der Waals surface area contributed by atoms with Crippen molar-refractivity contribution in [2.45, 2.75) is 17.9 Å². The molecule has 0 amide bonds. The van der Waals surface area contributed by atoms with Crippen molar-refractivity contribution in [3.05, 3.63) is 77.1 Å². The highest BCUT2D eigenvalue weighted by Gasteiger charge is 2.22. The summed E-state index contributed by atoms with van der Waals surface area (Å²) >= 11 is 0. The van der Waals surface area contributed by atoms with E-state index in [1.54, 1.807) is 24.3 Å². The van der Waals surface area contributed by atoms with Gasteiger partial charge in [-0.2, -0.15) is 8.42 Å². The van der Waals surface area contributed by atoms with Gasteiger partial charge in [0.2, 0.25) is 0 Å². The molecule has 0 aliphatic heterocycles. The maximum atomic E-state index is 12.1. The molecule has 5 heteroatoms. The number of rotatable bonds is 5. The lowest BCUT2D eigenvalue weighted by atomic mass is 10.1. The zero-order chi connectivity index (χ0) is 15.3. The summed E-state index contributed by atoms with van der Waals surface area (Å²) < 4.78 is 29.2. The number of hydrogen-bond acceptors (Lipinski definition) is 3. The molecular formula is C16H15NO3S. The third kappa shape index (κ3) is 3.91. The van der Waals surface area contributed by atoms with Gasteiger partial charge < -0.3 is 4.85 Å². The lowest BCUT2D eigenvalue weighted by molar-refractivity contribution is 0.307. The highest BCUT2D eigenvalue weighted by molar-refractivity contribution is 7.86. The molecule has 0 fully saturated rings. The quantitative estimate of drug-likeness (QED) is 0.628. The van der Waals surface area contributed by atoms with Gasteiger partial charge in [0.1, 0.15) is 6.61 Å². The van der Waals surface area contributed by atoms with E-state index in [2.05, 4.69) is 4.85 Å². The molecule has 2 aromatic carbocycles. The lowest BCUT2D eigenvalue weighted by Crippen LogP contribution is -2.12. The van der Waals surface area contributed by atoms with Crippen LogP contribution < -0.4 is 0 Å². The van der Waals surface area contributed by atoms with Gasteiger partial charge in [0.15, 0.2) is 0 Å². The van der Waals surface area contributed by atoms with Gasteiger partial charge in [-0.25, -0.2) is 6.57 Å². The second-order valence-corrected chi connectivity index (χ2v) is 6.22. The van der Waals surface area contributed by atoms with E-state index in [0.717, 1.165) is 11.1 Å². The summed E-state index contributed by atoms with van der Waals surface area (Å²) in [6.07, 6.45) is 0. The van der Waals surface area contributed by atoms with Crippen LogP contribution in [0.3, 0.4) is 0 Å². The Morgan fingerprint density at radius 3 is 2.29 bits per heavy atom. The molecule has 4 nitrogen and oxygen atoms in total. The van der Waals surface area contributed by atoms with Gasteiger partial charge in [-0.05, 0) is 19.1 Å². The first-order valence-corrected chi connectivity index (χ1v) is 7.81. The Morgan fingerprint density at radius 2 is 1.71 bits per heavy atom. The van der Waals surface area contributed by atoms with Gasteiger partial charge in [-0.3, -0.25) is 4.18 Å². The zero-order valence-corrected chi connectivity index (χ0v) is 12.4. The van der Waals surface area contributed by atoms with E-state index in [1.165, 1.54) is 12.1 Å². The summed E-state index contributed by atoms with van der Waals surface area (Å²) in [6, 6.07) is 14.8. The van der Waals surface area contributed by atoms with Crippen molar-refractivity contribution in [1.82, 2.24) is 0 Å². The van der Waals surface area contributed by atoms with Crippen LogP contribution >= 0.6 is 0 Å². The summed E-state index contributed by atoms with van der Waals surface area (Å²) in [4.78, 5) is 3.53. The van der Waals surface area contributed by atoms with Crippen LogP contribution in [0.1, 0.15) is 17.2 Å². The largest absolute Gasteiger partial charge is 0.306 e. The molecule has 0 aromatic heterocycles. The van der Waals surface area contributed by atoms with Crippen LogP contribution in [0.25, 0.3) is 4.85 Å². The molecule has 0 saturated carbocycles. The predicted molar refractivity (Wildman–Crippen MR) is 80.1 cm³/mol. The minimum Gasteiger partial charge on any atom is -0.306 e. The van der Waals surface area contributed by atoms with Gasteiger partial charge in [0.25, 0.3) is 16.2 Å². The van der Waals surface area contributed by atoms with Crippen molar-refractivity contribution in [2.75, 3.05) is 6.61 Å². The molecule has 0 aliphatic rings. The zero-order valence-electron chi connectivity index (χ0n) is 11.6. The topological polar surface area (TPSA) is 47.7 Å². The molecule has 0 radical (unpaired) electrons. The second-order valence-electron chi connectivity index (χ2n) is 4.61. The van der Waals surface area contributed by atoms with Crippen LogP contribution in [0.5, 0.6) is 0 Å². The Kier molecular flexibility index (Phi) is 4.73. The third-order valence-electron chi connectivity index (χ3n) is 3.03. The molecule has 0 aliphatic carbocycles. The lowest BCUT2D eigenvalue weighted by Gasteiger charge is -2.08. The monoisotopic (exact) mass is 301 g/mol. The maximum Gasteiger partial charge on any atom is 0.297 e. The van der Waals surface area contributed by atoms with Crippen molar-refractivity contribution in [3.63, 3.8) is 0 Å². The van der Waals surface area contributed by atoms with Crippen molar-refractivity contribution in [1.29, 1.82) is 0 Å². The van der Waals surface area contributed by atoms with Crippen LogP contribution in [-0.2, 0) is 14.3 Å². The average Bonchev–Trinajstić information content (AvgIpc) is 2.49. The van der Waals surface area contributed by atoms with Crippen LogP contribution in [0.4, 0.5) is 0 Å². The molecule has 2 rings (SSSR count). The molecule has 1 unspecified atom stereocenters. The van der Waals surface area contributed by atoms with E-state index in [9.17, 15) is 8.42 Å². The van der Waals surface area contributed by atoms with Gasteiger partial charge in [-0.15, -0.1) is 0 Å². The Balaban J connectivity index is 2.11. The maximum absolute atomic E-state index is 12.1. The van der Waals surface area contributed by atoms with E-state index < -0.39 is 16.2 Å². The van der Waals surface area contributed by atoms with E-state index in [-0.39, 0.29) is 11.5 Å². The van der Waals surface area contributed by atoms with E-state index >= 15 is 0 Å². The molecule has 0 bridgehead atoms. The van der Waals surface area contributed by atoms with E-state index in [4.69, 9.17) is 10.8 Å². The fourth-order valence-corrected chi connectivity index (χ4v) is 2.72. The number of aryl methyl sites for hydroxylation is 1. The number of nitrogens with zero attached hydrogens (tertiary/aromatic N) is 1. The third-order valence-corrected chi connectivity index (χ3v) is 4.33. The Bertz CT molecular complexity index is 731. The minimum atomic E-state index is -3.83. The van der Waals surface area contributed by atoms with E-state index in [1.807, 2.05) is 25.1 Å². The van der Waals surface area contributed by atoms with E-state index in [0.29, 0.717) is 0 Å². The highest BCUT2D eigenvalue weighted by Crippen LogP contribution is 2.20. The molecule has 0 spiro atoms. The molecule has 0 heterocycles. The minimum absolute atomic E-state index is 0.102. The summed E-state index contributed by atoms with van der Waals surface area (Å²) in [7, 11) is -3.83. The Labute approximate surface area is 124 Å². The predicted octanol–water partition coefficient (Wildman–Crippen LogP) is 3.36. The molecule has 108 valence electrons. The fourth-order valence-electron chi connectivity index (χ4n) is 1.81. The number of benzene rings is 2. The summed E-state index contributed by atoms with van der Waals surface area (Å²) in [5, 5.41) is 0. The van der Waals surface area contributed by atoms with Gasteiger partial charge >= 0.3 is 0 Å². The number of hydrogen-bond donors (Lipinski definition) is 0. The van der Waals surface area contributed by atoms with Crippen molar-refractivity contribution in [3.8, 4) is 0 Å². The van der Waals surface area contributed by atoms with Crippen molar-refractivity contribution >= 4 is 10.1 Å². The summed E-state index contributed by atoms with van der Waals surface area (Å²) in [5.74, 6) is 0. The van der Waals surface area contributed by atoms with Crippen LogP contribution in [-0.4, -0.2) is 15.0 Å². The first kappa shape index (κ1) is 15.2. The molecule has 0 saturated heterocycles. The van der Waals surface area contributed by atoms with Crippen LogP contribution in [0, 0.1) is 13.5 Å². The van der Waals surface area contributed by atoms with Crippen LogP contribution in [0.2, 0.25) is 0 Å². The molecule has 21 heavy (non-hydrogen) atoms. The molecule has 1 atom stereocenters. The highest BCUT2D eigenvalue weighted by atomic mass is 32.2. The summed E-state index contributed by atoms with van der Waals surface area (Å²) in [5.41, 5.74) is 1.71. The fraction of sp³-hybridized carbons (Fsp3) is 0.188. The van der Waals surface area contributed by atoms with Crippen molar-refractivity contribution < 1.29 is 12.6 Å².